The number of nitrogens with one attached hydrogen (secondary N) is 1. The van der Waals surface area contributed by atoms with Crippen molar-refractivity contribution >= 4 is 45.7 Å². The number of benzene rings is 1. The highest BCUT2D eigenvalue weighted by molar-refractivity contribution is 7.73. The fourth-order valence-electron chi connectivity index (χ4n) is 0.897. The van der Waals surface area contributed by atoms with Gasteiger partial charge in [0.2, 0.25) is 10.9 Å². The summed E-state index contributed by atoms with van der Waals surface area (Å²) < 4.78 is 22.7. The summed E-state index contributed by atoms with van der Waals surface area (Å²) in [6.07, 6.45) is 0. The molecule has 0 aromatic heterocycles. The van der Waals surface area contributed by atoms with Gasteiger partial charge < -0.3 is 5.11 Å². The Morgan fingerprint density at radius 1 is 1.27 bits per heavy atom. The Morgan fingerprint density at radius 3 is 2.33 bits per heavy atom. The van der Waals surface area contributed by atoms with Crippen LogP contribution in [0.5, 0.6) is 0 Å². The molecule has 1 rings (SSSR count). The first kappa shape index (κ1) is 12.1. The van der Waals surface area contributed by atoms with Crippen molar-refractivity contribution in [2.24, 2.45) is 0 Å². The van der Waals surface area contributed by atoms with Crippen molar-refractivity contribution < 1.29 is 18.3 Å². The second-order valence-electron chi connectivity index (χ2n) is 2.49. The summed E-state index contributed by atoms with van der Waals surface area (Å²) >= 11 is 11.2. The van der Waals surface area contributed by atoms with Crippen molar-refractivity contribution in [1.29, 1.82) is 0 Å². The number of halogens is 2. The van der Waals surface area contributed by atoms with Crippen molar-refractivity contribution in [3.05, 3.63) is 27.7 Å². The summed E-state index contributed by atoms with van der Waals surface area (Å²) in [6, 6.07) is 2.21. The molecule has 0 aliphatic rings. The van der Waals surface area contributed by atoms with Crippen LogP contribution in [0.2, 0.25) is 10.0 Å². The number of aromatic carboxylic acids is 1. The normalized spacial score (nSPS) is 10.3. The van der Waals surface area contributed by atoms with E-state index in [1.54, 1.807) is 0 Å². The van der Waals surface area contributed by atoms with Gasteiger partial charge in [0.1, 0.15) is 0 Å². The number of carboxylic acids is 1. The van der Waals surface area contributed by atoms with E-state index >= 15 is 0 Å². The maximum absolute atomic E-state index is 10.7. The molecule has 15 heavy (non-hydrogen) atoms. The van der Waals surface area contributed by atoms with E-state index in [0.717, 1.165) is 12.1 Å². The van der Waals surface area contributed by atoms with E-state index in [-0.39, 0.29) is 21.3 Å². The maximum Gasteiger partial charge on any atom is 0.337 e. The van der Waals surface area contributed by atoms with Crippen molar-refractivity contribution in [1.82, 2.24) is 0 Å². The van der Waals surface area contributed by atoms with Crippen LogP contribution < -0.4 is 4.72 Å². The molecule has 0 aliphatic carbocycles. The zero-order chi connectivity index (χ0) is 11.6. The molecule has 0 fully saturated rings. The number of rotatable bonds is 3. The van der Waals surface area contributed by atoms with Crippen molar-refractivity contribution in [2.75, 3.05) is 4.72 Å². The molecule has 0 aliphatic heterocycles. The Hall–Kier alpha value is -0.980. The summed E-state index contributed by atoms with van der Waals surface area (Å²) in [5.41, 5.74) is -0.241. The molecule has 0 amide bonds. The lowest BCUT2D eigenvalue weighted by atomic mass is 10.2. The third kappa shape index (κ3) is 2.98. The Labute approximate surface area is 96.7 Å². The zero-order valence-corrected chi connectivity index (χ0v) is 9.44. The van der Waals surface area contributed by atoms with Gasteiger partial charge in [-0.25, -0.2) is 13.2 Å². The molecular weight excluding hydrogens is 265 g/mol. The molecule has 0 spiro atoms. The van der Waals surface area contributed by atoms with E-state index in [1.165, 1.54) is 0 Å². The first-order chi connectivity index (χ1) is 6.91. The number of hydrogen-bond donors (Lipinski definition) is 3. The van der Waals surface area contributed by atoms with Crippen LogP contribution in [0.25, 0.3) is 0 Å². The molecule has 0 saturated carbocycles. The molecule has 0 radical (unpaired) electrons. The molecule has 1 aromatic carbocycles. The summed E-state index contributed by atoms with van der Waals surface area (Å²) in [7, 11) is -2.90. The van der Waals surface area contributed by atoms with Gasteiger partial charge in [0.05, 0.1) is 21.3 Å². The molecule has 2 N–H and O–H groups in total. The molecule has 82 valence electrons. The highest BCUT2D eigenvalue weighted by Crippen LogP contribution is 2.29. The van der Waals surface area contributed by atoms with Crippen LogP contribution in [0, 0.1) is 0 Å². The van der Waals surface area contributed by atoms with E-state index in [2.05, 4.69) is 0 Å². The van der Waals surface area contributed by atoms with Crippen LogP contribution in [0.15, 0.2) is 12.1 Å². The Kier molecular flexibility index (Phi) is 3.78. The lowest BCUT2D eigenvalue weighted by Crippen LogP contribution is -2.01. The van der Waals surface area contributed by atoms with Gasteiger partial charge in [-0.2, -0.15) is 0 Å². The number of carboxylic acid groups (broad SMARTS) is 1. The van der Waals surface area contributed by atoms with Gasteiger partial charge in [0.25, 0.3) is 0 Å². The number of carbonyl (C=O) groups is 1. The number of hydrogen-bond acceptors (Lipinski definition) is 3. The molecule has 0 saturated heterocycles. The Morgan fingerprint density at radius 2 is 1.87 bits per heavy atom. The highest BCUT2D eigenvalue weighted by atomic mass is 35.5. The lowest BCUT2D eigenvalue weighted by molar-refractivity contribution is 0.0697. The van der Waals surface area contributed by atoms with Gasteiger partial charge in [0.15, 0.2) is 0 Å². The summed E-state index contributed by atoms with van der Waals surface area (Å²) in [5.74, 6) is -1.26. The molecule has 5 nitrogen and oxygen atoms in total. The molecule has 0 bridgehead atoms. The third-order valence-corrected chi connectivity index (χ3v) is 2.55. The minimum atomic E-state index is -2.90. The average molecular weight is 270 g/mol. The highest BCUT2D eigenvalue weighted by Gasteiger charge is 2.12. The van der Waals surface area contributed by atoms with E-state index in [0.29, 0.717) is 0 Å². The number of anilines is 1. The third-order valence-electron chi connectivity index (χ3n) is 1.50. The van der Waals surface area contributed by atoms with Gasteiger partial charge in [-0.1, -0.05) is 23.2 Å². The van der Waals surface area contributed by atoms with Crippen LogP contribution in [0.3, 0.4) is 0 Å². The topological polar surface area (TPSA) is 83.5 Å². The lowest BCUT2D eigenvalue weighted by Gasteiger charge is -2.05. The quantitative estimate of drug-likeness (QED) is 0.729. The molecule has 0 heterocycles. The van der Waals surface area contributed by atoms with Gasteiger partial charge in [-0.15, -0.1) is 0 Å². The molecule has 8 heteroatoms. The van der Waals surface area contributed by atoms with Crippen molar-refractivity contribution in [3.63, 3.8) is 0 Å². The van der Waals surface area contributed by atoms with E-state index in [9.17, 15) is 13.2 Å². The minimum absolute atomic E-state index is 0.0189. The second-order valence-corrected chi connectivity index (χ2v) is 4.04. The smallest absolute Gasteiger partial charge is 0.337 e. The molecule has 0 unspecified atom stereocenters. The molecule has 1 aromatic rings. The standard InChI is InChI=1S/C7H5Cl2NO4S/c8-4-2-5(9)6(10-15(13)14)1-3(4)7(11)12/h1-2,15H,(H,11,12)(H,10,13,14). The van der Waals surface area contributed by atoms with E-state index in [4.69, 9.17) is 28.3 Å². The average Bonchev–Trinajstić information content (AvgIpc) is 2.08. The Bertz CT molecular complexity index is 478. The predicted molar refractivity (Wildman–Crippen MR) is 57.4 cm³/mol. The first-order valence-corrected chi connectivity index (χ1v) is 5.48. The monoisotopic (exact) mass is 269 g/mol. The summed E-state index contributed by atoms with van der Waals surface area (Å²) in [5, 5.41) is 8.68. The fraction of sp³-hybridized carbons (Fsp3) is 0. The summed E-state index contributed by atoms with van der Waals surface area (Å²) in [4.78, 5) is 10.7. The Balaban J connectivity index is 3.29. The minimum Gasteiger partial charge on any atom is -0.478 e. The van der Waals surface area contributed by atoms with Crippen molar-refractivity contribution in [2.45, 2.75) is 0 Å². The zero-order valence-electron chi connectivity index (χ0n) is 7.03. The largest absolute Gasteiger partial charge is 0.478 e. The SMILES string of the molecule is O=C(O)c1cc(N[SH](=O)=O)c(Cl)cc1Cl. The van der Waals surface area contributed by atoms with E-state index in [1.807, 2.05) is 4.72 Å². The fourth-order valence-corrected chi connectivity index (χ4v) is 1.86. The van der Waals surface area contributed by atoms with Crippen LogP contribution in [-0.4, -0.2) is 19.5 Å². The van der Waals surface area contributed by atoms with Gasteiger partial charge in [0, 0.05) is 0 Å². The summed E-state index contributed by atoms with van der Waals surface area (Å²) in [6.45, 7) is 0. The second kappa shape index (κ2) is 4.69. The van der Waals surface area contributed by atoms with E-state index < -0.39 is 16.9 Å². The molecule has 0 atom stereocenters. The van der Waals surface area contributed by atoms with Crippen molar-refractivity contribution in [3.8, 4) is 0 Å². The van der Waals surface area contributed by atoms with Crippen LogP contribution in [0.1, 0.15) is 10.4 Å². The maximum atomic E-state index is 10.7. The van der Waals surface area contributed by atoms with Gasteiger partial charge >= 0.3 is 5.97 Å². The van der Waals surface area contributed by atoms with Gasteiger partial charge in [-0.05, 0) is 12.1 Å². The molecular formula is C7H5Cl2NO4S. The van der Waals surface area contributed by atoms with Gasteiger partial charge in [-0.3, -0.25) is 4.72 Å². The first-order valence-electron chi connectivity index (χ1n) is 3.55. The van der Waals surface area contributed by atoms with Crippen LogP contribution in [-0.2, 0) is 10.9 Å². The van der Waals surface area contributed by atoms with Crippen LogP contribution >= 0.6 is 23.2 Å². The number of thiol groups is 1. The predicted octanol–water partition coefficient (Wildman–Crippen LogP) is 1.63. The van der Waals surface area contributed by atoms with Crippen LogP contribution in [0.4, 0.5) is 5.69 Å².